The number of carbonyl (C=O) groups excluding carboxylic acids is 1. The molecule has 0 aromatic heterocycles. The number of amides is 1. The third kappa shape index (κ3) is 3.70. The number of carbonyl (C=O) groups is 1. The fraction of sp³-hybridized carbons (Fsp3) is 0.611. The van der Waals surface area contributed by atoms with Crippen LogP contribution in [0.1, 0.15) is 72.9 Å². The van der Waals surface area contributed by atoms with Gasteiger partial charge in [0.25, 0.3) is 5.91 Å². The molecule has 0 heterocycles. The largest absolute Gasteiger partial charge is 0.416 e. The van der Waals surface area contributed by atoms with Crippen LogP contribution in [0.4, 0.5) is 13.2 Å². The second-order valence-corrected chi connectivity index (χ2v) is 6.92. The third-order valence-electron chi connectivity index (χ3n) is 5.07. The fourth-order valence-corrected chi connectivity index (χ4v) is 3.45. The van der Waals surface area contributed by atoms with Crippen molar-refractivity contribution in [3.63, 3.8) is 0 Å². The topological polar surface area (TPSA) is 29.1 Å². The van der Waals surface area contributed by atoms with Crippen LogP contribution < -0.4 is 5.32 Å². The molecule has 1 aromatic rings. The summed E-state index contributed by atoms with van der Waals surface area (Å²) < 4.78 is 38.7. The summed E-state index contributed by atoms with van der Waals surface area (Å²) in [4.78, 5) is 12.6. The lowest BCUT2D eigenvalue weighted by atomic mass is 9.85. The third-order valence-corrected chi connectivity index (χ3v) is 5.07. The van der Waals surface area contributed by atoms with Crippen molar-refractivity contribution in [3.05, 3.63) is 34.9 Å². The monoisotopic (exact) mass is 325 g/mol. The van der Waals surface area contributed by atoms with Gasteiger partial charge in [-0.25, -0.2) is 0 Å². The molecule has 1 aromatic carbocycles. The van der Waals surface area contributed by atoms with Crippen molar-refractivity contribution in [1.82, 2.24) is 5.32 Å². The SMILES string of the molecule is CC1CCCCC1NC(=O)c1ccc(C(F)(F)F)cc1C1CC1. The van der Waals surface area contributed by atoms with Gasteiger partial charge in [0, 0.05) is 11.6 Å². The van der Waals surface area contributed by atoms with Gasteiger partial charge < -0.3 is 5.32 Å². The Morgan fingerprint density at radius 1 is 1.13 bits per heavy atom. The van der Waals surface area contributed by atoms with E-state index in [1.165, 1.54) is 12.5 Å². The number of nitrogens with one attached hydrogen (secondary N) is 1. The van der Waals surface area contributed by atoms with E-state index in [-0.39, 0.29) is 17.9 Å². The predicted molar refractivity (Wildman–Crippen MR) is 82.3 cm³/mol. The van der Waals surface area contributed by atoms with Crippen molar-refractivity contribution < 1.29 is 18.0 Å². The van der Waals surface area contributed by atoms with Gasteiger partial charge in [0.05, 0.1) is 5.56 Å². The fourth-order valence-electron chi connectivity index (χ4n) is 3.45. The lowest BCUT2D eigenvalue weighted by Gasteiger charge is -2.29. The van der Waals surface area contributed by atoms with E-state index in [0.717, 1.165) is 44.2 Å². The Bertz CT molecular complexity index is 592. The molecule has 3 rings (SSSR count). The molecule has 2 unspecified atom stereocenters. The minimum absolute atomic E-state index is 0.0989. The Morgan fingerprint density at radius 3 is 2.43 bits per heavy atom. The molecule has 2 aliphatic carbocycles. The number of halogens is 3. The standard InChI is InChI=1S/C18H22F3NO/c1-11-4-2-3-5-16(11)22-17(23)14-9-8-13(18(19,20)21)10-15(14)12-6-7-12/h8-12,16H,2-7H2,1H3,(H,22,23). The molecule has 1 amide bonds. The number of alkyl halides is 3. The Labute approximate surface area is 134 Å². The van der Waals surface area contributed by atoms with Crippen LogP contribution >= 0.6 is 0 Å². The van der Waals surface area contributed by atoms with Gasteiger partial charge in [-0.05, 0) is 61.3 Å². The van der Waals surface area contributed by atoms with Crippen LogP contribution in [0.25, 0.3) is 0 Å². The normalized spacial score (nSPS) is 25.2. The first-order valence-electron chi connectivity index (χ1n) is 8.38. The second-order valence-electron chi connectivity index (χ2n) is 6.92. The summed E-state index contributed by atoms with van der Waals surface area (Å²) in [5.41, 5.74) is 0.307. The van der Waals surface area contributed by atoms with Crippen molar-refractivity contribution in [2.75, 3.05) is 0 Å². The van der Waals surface area contributed by atoms with Crippen LogP contribution in [-0.4, -0.2) is 11.9 Å². The zero-order valence-corrected chi connectivity index (χ0v) is 13.2. The molecule has 2 fully saturated rings. The van der Waals surface area contributed by atoms with Gasteiger partial charge in [0.1, 0.15) is 0 Å². The summed E-state index contributed by atoms with van der Waals surface area (Å²) >= 11 is 0. The van der Waals surface area contributed by atoms with Crippen LogP contribution in [-0.2, 0) is 6.18 Å². The van der Waals surface area contributed by atoms with Gasteiger partial charge in [-0.2, -0.15) is 13.2 Å². The Morgan fingerprint density at radius 2 is 1.83 bits per heavy atom. The summed E-state index contributed by atoms with van der Waals surface area (Å²) in [5.74, 6) is 0.299. The van der Waals surface area contributed by atoms with Crippen molar-refractivity contribution >= 4 is 5.91 Å². The number of hydrogen-bond donors (Lipinski definition) is 1. The average molecular weight is 325 g/mol. The summed E-state index contributed by atoms with van der Waals surface area (Å²) in [7, 11) is 0. The molecule has 1 N–H and O–H groups in total. The van der Waals surface area contributed by atoms with Crippen molar-refractivity contribution in [1.29, 1.82) is 0 Å². The Hall–Kier alpha value is -1.52. The molecule has 2 saturated carbocycles. The van der Waals surface area contributed by atoms with Gasteiger partial charge in [0.2, 0.25) is 0 Å². The summed E-state index contributed by atoms with van der Waals surface area (Å²) in [6.45, 7) is 2.12. The first-order chi connectivity index (χ1) is 10.9. The molecule has 126 valence electrons. The highest BCUT2D eigenvalue weighted by atomic mass is 19.4. The first kappa shape index (κ1) is 16.3. The van der Waals surface area contributed by atoms with Gasteiger partial charge in [-0.15, -0.1) is 0 Å². The van der Waals surface area contributed by atoms with Crippen molar-refractivity contribution in [3.8, 4) is 0 Å². The van der Waals surface area contributed by atoms with Gasteiger partial charge >= 0.3 is 6.18 Å². The highest BCUT2D eigenvalue weighted by Crippen LogP contribution is 2.43. The second kappa shape index (κ2) is 6.17. The molecule has 0 aliphatic heterocycles. The van der Waals surface area contributed by atoms with E-state index >= 15 is 0 Å². The molecule has 0 bridgehead atoms. The number of benzene rings is 1. The molecular weight excluding hydrogens is 303 g/mol. The van der Waals surface area contributed by atoms with Gasteiger partial charge in [-0.3, -0.25) is 4.79 Å². The number of rotatable bonds is 3. The van der Waals surface area contributed by atoms with E-state index < -0.39 is 11.7 Å². The van der Waals surface area contributed by atoms with Crippen LogP contribution in [0.5, 0.6) is 0 Å². The lowest BCUT2D eigenvalue weighted by Crippen LogP contribution is -2.41. The summed E-state index contributed by atoms with van der Waals surface area (Å²) in [6, 6.07) is 3.66. The molecule has 0 saturated heterocycles. The average Bonchev–Trinajstić information content (AvgIpc) is 3.32. The lowest BCUT2D eigenvalue weighted by molar-refractivity contribution is -0.137. The van der Waals surface area contributed by atoms with Gasteiger partial charge in [0.15, 0.2) is 0 Å². The highest BCUT2D eigenvalue weighted by molar-refractivity contribution is 5.96. The van der Waals surface area contributed by atoms with E-state index in [0.29, 0.717) is 17.0 Å². The summed E-state index contributed by atoms with van der Waals surface area (Å²) in [5, 5.41) is 3.05. The van der Waals surface area contributed by atoms with E-state index in [4.69, 9.17) is 0 Å². The molecule has 5 heteroatoms. The first-order valence-corrected chi connectivity index (χ1v) is 8.38. The maximum atomic E-state index is 12.9. The molecule has 0 spiro atoms. The van der Waals surface area contributed by atoms with Crippen LogP contribution in [0.3, 0.4) is 0 Å². The molecule has 23 heavy (non-hydrogen) atoms. The smallest absolute Gasteiger partial charge is 0.349 e. The zero-order valence-electron chi connectivity index (χ0n) is 13.2. The summed E-state index contributed by atoms with van der Waals surface area (Å²) in [6.07, 6.45) is 1.68. The predicted octanol–water partition coefficient (Wildman–Crippen LogP) is 4.89. The highest BCUT2D eigenvalue weighted by Gasteiger charge is 2.35. The quantitative estimate of drug-likeness (QED) is 0.842. The minimum Gasteiger partial charge on any atom is -0.349 e. The molecule has 0 radical (unpaired) electrons. The van der Waals surface area contributed by atoms with E-state index in [2.05, 4.69) is 12.2 Å². The molecule has 2 nitrogen and oxygen atoms in total. The van der Waals surface area contributed by atoms with Crippen molar-refractivity contribution in [2.45, 2.75) is 63.6 Å². The van der Waals surface area contributed by atoms with Crippen LogP contribution in [0, 0.1) is 5.92 Å². The molecular formula is C18H22F3NO. The van der Waals surface area contributed by atoms with Crippen LogP contribution in [0.15, 0.2) is 18.2 Å². The molecule has 2 atom stereocenters. The molecule has 2 aliphatic rings. The Balaban J connectivity index is 1.82. The maximum Gasteiger partial charge on any atom is 0.416 e. The van der Waals surface area contributed by atoms with Crippen LogP contribution in [0.2, 0.25) is 0 Å². The maximum absolute atomic E-state index is 12.9. The van der Waals surface area contributed by atoms with Crippen molar-refractivity contribution in [2.24, 2.45) is 5.92 Å². The minimum atomic E-state index is -4.36. The Kier molecular flexibility index (Phi) is 4.39. The number of hydrogen-bond acceptors (Lipinski definition) is 1. The van der Waals surface area contributed by atoms with E-state index in [9.17, 15) is 18.0 Å². The zero-order chi connectivity index (χ0) is 16.6. The van der Waals surface area contributed by atoms with E-state index in [1.807, 2.05) is 0 Å². The van der Waals surface area contributed by atoms with E-state index in [1.54, 1.807) is 0 Å². The van der Waals surface area contributed by atoms with Gasteiger partial charge in [-0.1, -0.05) is 19.8 Å².